The number of methoxy groups -OCH3 is 1. The number of imide groups is 2. The minimum absolute atomic E-state index is 0.0958. The van der Waals surface area contributed by atoms with E-state index < -0.39 is 34.6 Å². The van der Waals surface area contributed by atoms with E-state index in [1.54, 1.807) is 5.32 Å². The van der Waals surface area contributed by atoms with Crippen LogP contribution in [0.5, 0.6) is 5.75 Å². The maximum absolute atomic E-state index is 13.4. The molecule has 110 valence electrons. The fourth-order valence-corrected chi connectivity index (χ4v) is 1.75. The number of urea groups is 1. The smallest absolute Gasteiger partial charge is 0.335 e. The van der Waals surface area contributed by atoms with Gasteiger partial charge in [-0.1, -0.05) is 0 Å². The fourth-order valence-electron chi connectivity index (χ4n) is 1.75. The number of barbiturate groups is 1. The number of hydrogen-bond donors (Lipinski definition) is 1. The Morgan fingerprint density at radius 1 is 1.38 bits per heavy atom. The number of carbonyl (C=O) groups excluding carboxylic acids is 3. The van der Waals surface area contributed by atoms with Crippen molar-refractivity contribution < 1.29 is 28.4 Å². The predicted octanol–water partition coefficient (Wildman–Crippen LogP) is 0.524. The summed E-state index contributed by atoms with van der Waals surface area (Å²) in [7, 11) is 1.21. The van der Waals surface area contributed by atoms with Crippen LogP contribution in [0.2, 0.25) is 0 Å². The van der Waals surface area contributed by atoms with Gasteiger partial charge in [0.05, 0.1) is 17.7 Å². The second-order valence-electron chi connectivity index (χ2n) is 3.94. The topological polar surface area (TPSA) is 119 Å². The van der Waals surface area contributed by atoms with Gasteiger partial charge in [-0.25, -0.2) is 14.1 Å². The lowest BCUT2D eigenvalue weighted by Crippen LogP contribution is -2.59. The number of alkyl halides is 1. The van der Waals surface area contributed by atoms with Crippen LogP contribution in [0.15, 0.2) is 18.2 Å². The SMILES string of the molecule is COc1ccc(N2C(=O)NC(=O)C(F)C2=O)cc1[N+](=O)[O-]. The average molecular weight is 297 g/mol. The highest BCUT2D eigenvalue weighted by Crippen LogP contribution is 2.32. The molecule has 0 aliphatic carbocycles. The van der Waals surface area contributed by atoms with E-state index in [4.69, 9.17) is 4.74 Å². The molecule has 10 heteroatoms. The zero-order chi connectivity index (χ0) is 15.7. The largest absolute Gasteiger partial charge is 0.490 e. The number of ether oxygens (including phenoxy) is 1. The Balaban J connectivity index is 2.48. The van der Waals surface area contributed by atoms with Crippen LogP contribution in [0.25, 0.3) is 0 Å². The van der Waals surface area contributed by atoms with Gasteiger partial charge in [-0.3, -0.25) is 25.0 Å². The normalized spacial score (nSPS) is 18.5. The summed E-state index contributed by atoms with van der Waals surface area (Å²) in [5, 5.41) is 12.5. The Bertz CT molecular complexity index is 661. The molecular formula is C11H8FN3O6. The molecule has 1 unspecified atom stereocenters. The van der Waals surface area contributed by atoms with Crippen molar-refractivity contribution in [2.24, 2.45) is 0 Å². The van der Waals surface area contributed by atoms with Gasteiger partial charge in [0.1, 0.15) is 0 Å². The first kappa shape index (κ1) is 14.4. The van der Waals surface area contributed by atoms with E-state index in [0.717, 1.165) is 18.2 Å². The highest BCUT2D eigenvalue weighted by atomic mass is 19.1. The van der Waals surface area contributed by atoms with Gasteiger partial charge in [0.15, 0.2) is 5.75 Å². The number of nitro benzene ring substituents is 1. The summed E-state index contributed by atoms with van der Waals surface area (Å²) in [6, 6.07) is 2.00. The molecule has 9 nitrogen and oxygen atoms in total. The van der Waals surface area contributed by atoms with E-state index in [-0.39, 0.29) is 11.4 Å². The molecule has 2 rings (SSSR count). The maximum Gasteiger partial charge on any atom is 0.335 e. The highest BCUT2D eigenvalue weighted by molar-refractivity contribution is 6.29. The minimum atomic E-state index is -2.55. The van der Waals surface area contributed by atoms with Crippen LogP contribution < -0.4 is 15.0 Å². The standard InChI is InChI=1S/C11H8FN3O6/c1-21-7-3-2-5(4-6(7)15(19)20)14-10(17)8(12)9(16)13-11(14)18/h2-4,8H,1H3,(H,13,16,18). The molecule has 21 heavy (non-hydrogen) atoms. The molecule has 0 spiro atoms. The first-order chi connectivity index (χ1) is 9.86. The first-order valence-electron chi connectivity index (χ1n) is 5.52. The van der Waals surface area contributed by atoms with Crippen molar-refractivity contribution in [1.82, 2.24) is 5.32 Å². The lowest BCUT2D eigenvalue weighted by atomic mass is 10.2. The summed E-state index contributed by atoms with van der Waals surface area (Å²) in [6.45, 7) is 0. The number of nitrogens with zero attached hydrogens (tertiary/aromatic N) is 2. The van der Waals surface area contributed by atoms with E-state index >= 15 is 0 Å². The van der Waals surface area contributed by atoms with Crippen molar-refractivity contribution in [3.63, 3.8) is 0 Å². The number of hydrogen-bond acceptors (Lipinski definition) is 6. The van der Waals surface area contributed by atoms with Gasteiger partial charge in [-0.05, 0) is 12.1 Å². The monoisotopic (exact) mass is 297 g/mol. The van der Waals surface area contributed by atoms with Crippen LogP contribution in [-0.2, 0) is 9.59 Å². The average Bonchev–Trinajstić information content (AvgIpc) is 2.44. The van der Waals surface area contributed by atoms with Crippen LogP contribution in [0.3, 0.4) is 0 Å². The van der Waals surface area contributed by atoms with Crippen molar-refractivity contribution in [2.75, 3.05) is 12.0 Å². The van der Waals surface area contributed by atoms with Crippen LogP contribution in [-0.4, -0.2) is 36.1 Å². The summed E-state index contributed by atoms with van der Waals surface area (Å²) in [5.41, 5.74) is -0.761. The number of carbonyl (C=O) groups is 3. The number of benzene rings is 1. The minimum Gasteiger partial charge on any atom is -0.490 e. The lowest BCUT2D eigenvalue weighted by Gasteiger charge is -2.26. The molecule has 1 saturated heterocycles. The van der Waals surface area contributed by atoms with Crippen LogP contribution in [0, 0.1) is 10.1 Å². The van der Waals surface area contributed by atoms with Crippen LogP contribution in [0.1, 0.15) is 0 Å². The van der Waals surface area contributed by atoms with Gasteiger partial charge in [-0.2, -0.15) is 0 Å². The number of rotatable bonds is 3. The Labute approximate surface area is 116 Å². The van der Waals surface area contributed by atoms with Crippen molar-refractivity contribution in [3.05, 3.63) is 28.3 Å². The summed E-state index contributed by atoms with van der Waals surface area (Å²) < 4.78 is 18.1. The molecule has 1 N–H and O–H groups in total. The number of amides is 4. The quantitative estimate of drug-likeness (QED) is 0.493. The molecule has 1 fully saturated rings. The molecule has 0 saturated carbocycles. The Hall–Kier alpha value is -3.04. The highest BCUT2D eigenvalue weighted by Gasteiger charge is 2.42. The molecule has 1 atom stereocenters. The first-order valence-corrected chi connectivity index (χ1v) is 5.52. The lowest BCUT2D eigenvalue weighted by molar-refractivity contribution is -0.385. The van der Waals surface area contributed by atoms with Gasteiger partial charge in [0.2, 0.25) is 0 Å². The van der Waals surface area contributed by atoms with Gasteiger partial charge >= 0.3 is 11.7 Å². The molecule has 0 aromatic heterocycles. The Kier molecular flexibility index (Phi) is 3.52. The molecule has 1 heterocycles. The van der Waals surface area contributed by atoms with Crippen LogP contribution >= 0.6 is 0 Å². The summed E-state index contributed by atoms with van der Waals surface area (Å²) >= 11 is 0. The maximum atomic E-state index is 13.4. The Morgan fingerprint density at radius 2 is 2.05 bits per heavy atom. The summed E-state index contributed by atoms with van der Waals surface area (Å²) in [6.07, 6.45) is -2.55. The van der Waals surface area contributed by atoms with Crippen molar-refractivity contribution in [2.45, 2.75) is 6.17 Å². The molecule has 1 aliphatic heterocycles. The van der Waals surface area contributed by atoms with E-state index in [9.17, 15) is 28.9 Å². The molecule has 0 bridgehead atoms. The van der Waals surface area contributed by atoms with E-state index in [2.05, 4.69) is 0 Å². The zero-order valence-corrected chi connectivity index (χ0v) is 10.5. The van der Waals surface area contributed by atoms with Crippen molar-refractivity contribution in [1.29, 1.82) is 0 Å². The van der Waals surface area contributed by atoms with E-state index in [1.165, 1.54) is 7.11 Å². The van der Waals surface area contributed by atoms with Crippen LogP contribution in [0.4, 0.5) is 20.6 Å². The molecule has 4 amide bonds. The van der Waals surface area contributed by atoms with Gasteiger partial charge < -0.3 is 4.74 Å². The third kappa shape index (κ3) is 2.38. The molecule has 1 aromatic rings. The molecule has 1 aromatic carbocycles. The van der Waals surface area contributed by atoms with Gasteiger partial charge in [0.25, 0.3) is 18.0 Å². The second-order valence-corrected chi connectivity index (χ2v) is 3.94. The molecule has 1 aliphatic rings. The number of nitrogens with one attached hydrogen (secondary N) is 1. The number of anilines is 1. The molecular weight excluding hydrogens is 289 g/mol. The Morgan fingerprint density at radius 3 is 2.62 bits per heavy atom. The third-order valence-electron chi connectivity index (χ3n) is 2.72. The zero-order valence-electron chi connectivity index (χ0n) is 10.5. The third-order valence-corrected chi connectivity index (χ3v) is 2.72. The molecule has 0 radical (unpaired) electrons. The predicted molar refractivity (Wildman–Crippen MR) is 65.6 cm³/mol. The number of nitro groups is 1. The number of halogens is 1. The van der Waals surface area contributed by atoms with Gasteiger partial charge in [-0.15, -0.1) is 0 Å². The summed E-state index contributed by atoms with van der Waals surface area (Å²) in [5.74, 6) is -2.88. The fraction of sp³-hybridized carbons (Fsp3) is 0.182. The van der Waals surface area contributed by atoms with Crippen molar-refractivity contribution in [3.8, 4) is 5.75 Å². The van der Waals surface area contributed by atoms with Gasteiger partial charge in [0, 0.05) is 6.07 Å². The summed E-state index contributed by atoms with van der Waals surface area (Å²) in [4.78, 5) is 44.7. The van der Waals surface area contributed by atoms with E-state index in [1.807, 2.05) is 0 Å². The van der Waals surface area contributed by atoms with Crippen molar-refractivity contribution >= 4 is 29.2 Å². The van der Waals surface area contributed by atoms with E-state index in [0.29, 0.717) is 4.90 Å². The second kappa shape index (κ2) is 5.15.